The number of rotatable bonds is 11. The third kappa shape index (κ3) is 6.10. The molecule has 1 aromatic heterocycles. The van der Waals surface area contributed by atoms with Crippen LogP contribution in [0.3, 0.4) is 0 Å². The topological polar surface area (TPSA) is 102 Å². The number of carboxylic acid groups (broad SMARTS) is 2. The number of hydrogen-bond donors (Lipinski definition) is 2. The maximum Gasteiger partial charge on any atom is 0.354 e. The van der Waals surface area contributed by atoms with Gasteiger partial charge < -0.3 is 10.2 Å². The van der Waals surface area contributed by atoms with Gasteiger partial charge in [-0.25, -0.2) is 14.4 Å². The van der Waals surface area contributed by atoms with Gasteiger partial charge in [-0.3, -0.25) is 9.13 Å². The average Bonchev–Trinajstić information content (AvgIpc) is 3.07. The number of carboxylic acids is 2. The molecular weight excluding hydrogens is 444 g/mol. The molecule has 0 amide bonds. The van der Waals surface area contributed by atoms with Gasteiger partial charge >= 0.3 is 17.6 Å². The molecule has 3 rings (SSSR count). The first-order chi connectivity index (χ1) is 16.6. The number of carbonyl (C=O) groups is 2. The maximum absolute atomic E-state index is 13.4. The number of benzene rings is 2. The van der Waals surface area contributed by atoms with E-state index in [1.165, 1.54) is 4.57 Å². The van der Waals surface area contributed by atoms with Crippen LogP contribution in [0.25, 0.3) is 11.1 Å². The third-order valence-corrected chi connectivity index (χ3v) is 6.19. The fourth-order valence-electron chi connectivity index (χ4n) is 4.21. The third-order valence-electron chi connectivity index (χ3n) is 6.19. The van der Waals surface area contributed by atoms with Gasteiger partial charge in [0.2, 0.25) is 0 Å². The van der Waals surface area contributed by atoms with Gasteiger partial charge in [-0.1, -0.05) is 70.2 Å². The summed E-state index contributed by atoms with van der Waals surface area (Å²) in [5, 5.41) is 19.5. The van der Waals surface area contributed by atoms with Crippen LogP contribution in [0.2, 0.25) is 0 Å². The minimum Gasteiger partial charge on any atom is -0.478 e. The predicted molar refractivity (Wildman–Crippen MR) is 136 cm³/mol. The summed E-state index contributed by atoms with van der Waals surface area (Å²) in [7, 11) is 0. The quantitative estimate of drug-likeness (QED) is 0.384. The van der Waals surface area contributed by atoms with Crippen molar-refractivity contribution in [2.24, 2.45) is 11.8 Å². The molecule has 0 unspecified atom stereocenters. The Balaban J connectivity index is 2.01. The van der Waals surface area contributed by atoms with Crippen LogP contribution in [0.4, 0.5) is 0 Å². The molecule has 7 heteroatoms. The molecule has 1 heterocycles. The van der Waals surface area contributed by atoms with Crippen LogP contribution in [-0.2, 0) is 19.5 Å². The molecule has 0 spiro atoms. The van der Waals surface area contributed by atoms with Crippen molar-refractivity contribution in [3.05, 3.63) is 81.5 Å². The smallest absolute Gasteiger partial charge is 0.354 e. The summed E-state index contributed by atoms with van der Waals surface area (Å²) in [6, 6.07) is 14.2. The van der Waals surface area contributed by atoms with E-state index >= 15 is 0 Å². The van der Waals surface area contributed by atoms with Gasteiger partial charge in [0.05, 0.1) is 17.8 Å². The molecule has 0 bridgehead atoms. The highest BCUT2D eigenvalue weighted by atomic mass is 16.4. The van der Waals surface area contributed by atoms with E-state index in [0.29, 0.717) is 42.5 Å². The molecule has 0 aliphatic carbocycles. The van der Waals surface area contributed by atoms with Gasteiger partial charge in [-0.05, 0) is 53.9 Å². The molecule has 0 radical (unpaired) electrons. The average molecular weight is 479 g/mol. The second kappa shape index (κ2) is 11.2. The second-order valence-electron chi connectivity index (χ2n) is 9.78. The second-order valence-corrected chi connectivity index (χ2v) is 9.78. The standard InChI is InChI=1S/C28H34N2O5/c1-18(2)9-14-24-25(27(33)34)29(16-15-19(3)4)28(35)30(24)17-20-10-12-21(13-11-20)22-7-5-6-8-23(22)26(31)32/h5-8,10-13,18-19H,9,14-17H2,1-4H3,(H,31,32)(H,33,34). The monoisotopic (exact) mass is 478 g/mol. The number of aromatic nitrogens is 2. The van der Waals surface area contributed by atoms with Crippen LogP contribution in [0.15, 0.2) is 53.3 Å². The van der Waals surface area contributed by atoms with E-state index in [4.69, 9.17) is 0 Å². The molecule has 0 aliphatic rings. The van der Waals surface area contributed by atoms with E-state index in [0.717, 1.165) is 17.5 Å². The molecule has 7 nitrogen and oxygen atoms in total. The van der Waals surface area contributed by atoms with Crippen molar-refractivity contribution in [1.82, 2.24) is 9.13 Å². The Bertz CT molecular complexity index is 1250. The van der Waals surface area contributed by atoms with E-state index in [9.17, 15) is 24.6 Å². The van der Waals surface area contributed by atoms with E-state index < -0.39 is 11.9 Å². The van der Waals surface area contributed by atoms with Crippen molar-refractivity contribution in [3.63, 3.8) is 0 Å². The van der Waals surface area contributed by atoms with E-state index in [1.807, 2.05) is 38.1 Å². The molecule has 2 N–H and O–H groups in total. The first-order valence-corrected chi connectivity index (χ1v) is 12.1. The molecule has 0 saturated heterocycles. The van der Waals surface area contributed by atoms with Crippen molar-refractivity contribution < 1.29 is 19.8 Å². The normalized spacial score (nSPS) is 11.4. The van der Waals surface area contributed by atoms with Gasteiger partial charge in [0.1, 0.15) is 0 Å². The summed E-state index contributed by atoms with van der Waals surface area (Å²) >= 11 is 0. The minimum atomic E-state index is -1.08. The molecule has 2 aromatic carbocycles. The van der Waals surface area contributed by atoms with Crippen LogP contribution >= 0.6 is 0 Å². The Morgan fingerprint density at radius 2 is 1.46 bits per heavy atom. The SMILES string of the molecule is CC(C)CCc1c(C(=O)O)n(CCC(C)C)c(=O)n1Cc1ccc(-c2ccccc2C(=O)O)cc1. The summed E-state index contributed by atoms with van der Waals surface area (Å²) in [5.74, 6) is -1.36. The van der Waals surface area contributed by atoms with E-state index in [1.54, 1.807) is 28.8 Å². The van der Waals surface area contributed by atoms with Crippen LogP contribution in [0.5, 0.6) is 0 Å². The molecule has 0 aliphatic heterocycles. The summed E-state index contributed by atoms with van der Waals surface area (Å²) in [5.41, 5.74) is 2.79. The Morgan fingerprint density at radius 3 is 2.03 bits per heavy atom. The zero-order valence-corrected chi connectivity index (χ0v) is 20.8. The summed E-state index contributed by atoms with van der Waals surface area (Å²) < 4.78 is 3.00. The molecule has 35 heavy (non-hydrogen) atoms. The van der Waals surface area contributed by atoms with Gasteiger partial charge in [0.15, 0.2) is 5.69 Å². The van der Waals surface area contributed by atoms with Crippen LogP contribution in [0, 0.1) is 11.8 Å². The van der Waals surface area contributed by atoms with Crippen LogP contribution in [0.1, 0.15) is 72.6 Å². The summed E-state index contributed by atoms with van der Waals surface area (Å²) in [6.07, 6.45) is 2.00. The highest BCUT2D eigenvalue weighted by Crippen LogP contribution is 2.25. The molecule has 3 aromatic rings. The number of nitrogens with zero attached hydrogens (tertiary/aromatic N) is 2. The Hall–Kier alpha value is -3.61. The lowest BCUT2D eigenvalue weighted by molar-refractivity contribution is 0.0677. The van der Waals surface area contributed by atoms with Crippen molar-refractivity contribution >= 4 is 11.9 Å². The lowest BCUT2D eigenvalue weighted by Gasteiger charge is -2.11. The number of imidazole rings is 1. The van der Waals surface area contributed by atoms with E-state index in [2.05, 4.69) is 13.8 Å². The molecule has 0 fully saturated rings. The molecular formula is C28H34N2O5. The van der Waals surface area contributed by atoms with Crippen molar-refractivity contribution in [3.8, 4) is 11.1 Å². The lowest BCUT2D eigenvalue weighted by atomic mass is 9.98. The zero-order valence-electron chi connectivity index (χ0n) is 20.8. The highest BCUT2D eigenvalue weighted by molar-refractivity contribution is 5.96. The Kier molecular flexibility index (Phi) is 8.33. The van der Waals surface area contributed by atoms with Gasteiger partial charge in [-0.15, -0.1) is 0 Å². The first-order valence-electron chi connectivity index (χ1n) is 12.1. The molecule has 186 valence electrons. The molecule has 0 saturated carbocycles. The van der Waals surface area contributed by atoms with Gasteiger partial charge in [-0.2, -0.15) is 0 Å². The molecule has 0 atom stereocenters. The van der Waals surface area contributed by atoms with Crippen molar-refractivity contribution in [2.75, 3.05) is 0 Å². The van der Waals surface area contributed by atoms with Crippen molar-refractivity contribution in [1.29, 1.82) is 0 Å². The van der Waals surface area contributed by atoms with E-state index in [-0.39, 0.29) is 23.5 Å². The fourth-order valence-corrected chi connectivity index (χ4v) is 4.21. The predicted octanol–water partition coefficient (Wildman–Crippen LogP) is 5.40. The Labute approximate surface area is 205 Å². The lowest BCUT2D eigenvalue weighted by Crippen LogP contribution is -2.27. The van der Waals surface area contributed by atoms with Gasteiger partial charge in [0.25, 0.3) is 0 Å². The van der Waals surface area contributed by atoms with Crippen LogP contribution < -0.4 is 5.69 Å². The summed E-state index contributed by atoms with van der Waals surface area (Å²) in [4.78, 5) is 37.2. The van der Waals surface area contributed by atoms with Crippen molar-refractivity contribution in [2.45, 2.75) is 60.0 Å². The Morgan fingerprint density at radius 1 is 0.829 bits per heavy atom. The number of aromatic carboxylic acids is 2. The van der Waals surface area contributed by atoms with Crippen LogP contribution in [-0.4, -0.2) is 31.3 Å². The zero-order chi connectivity index (χ0) is 25.7. The summed E-state index contributed by atoms with van der Waals surface area (Å²) in [6.45, 7) is 8.86. The maximum atomic E-state index is 13.4. The largest absolute Gasteiger partial charge is 0.478 e. The first kappa shape index (κ1) is 26.0. The number of hydrogen-bond acceptors (Lipinski definition) is 3. The minimum absolute atomic E-state index is 0.0864. The van der Waals surface area contributed by atoms with Gasteiger partial charge in [0, 0.05) is 6.54 Å². The fraction of sp³-hybridized carbons (Fsp3) is 0.393. The highest BCUT2D eigenvalue weighted by Gasteiger charge is 2.25.